The minimum Gasteiger partial charge on any atom is -0.391 e. The van der Waals surface area contributed by atoms with Gasteiger partial charge in [0.15, 0.2) is 0 Å². The highest BCUT2D eigenvalue weighted by molar-refractivity contribution is 5.51. The fraction of sp³-hybridized carbons (Fsp3) is 0.611. The van der Waals surface area contributed by atoms with Crippen LogP contribution in [-0.4, -0.2) is 68.9 Å². The first kappa shape index (κ1) is 18.0. The Balaban J connectivity index is 1.49. The Labute approximate surface area is 148 Å². The van der Waals surface area contributed by atoms with Crippen molar-refractivity contribution in [2.24, 2.45) is 5.41 Å². The quantitative estimate of drug-likeness (QED) is 0.883. The first-order valence-electron chi connectivity index (χ1n) is 8.77. The van der Waals surface area contributed by atoms with Crippen molar-refractivity contribution in [3.05, 3.63) is 30.4 Å². The van der Waals surface area contributed by atoms with Gasteiger partial charge in [-0.2, -0.15) is 4.98 Å². The fourth-order valence-electron chi connectivity index (χ4n) is 2.77. The largest absolute Gasteiger partial charge is 0.391 e. The Bertz CT molecular complexity index is 660. The molecular weight excluding hydrogens is 318 g/mol. The van der Waals surface area contributed by atoms with E-state index in [0.29, 0.717) is 18.3 Å². The second kappa shape index (κ2) is 7.59. The second-order valence-electron chi connectivity index (χ2n) is 7.71. The zero-order valence-corrected chi connectivity index (χ0v) is 15.2. The number of piperazine rings is 1. The Hall–Kier alpha value is -1.83. The summed E-state index contributed by atoms with van der Waals surface area (Å²) < 4.78 is 5.37. The van der Waals surface area contributed by atoms with E-state index < -0.39 is 0 Å². The van der Waals surface area contributed by atoms with Crippen LogP contribution in [0.5, 0.6) is 0 Å². The van der Waals surface area contributed by atoms with Crippen LogP contribution in [0.2, 0.25) is 0 Å². The lowest BCUT2D eigenvalue weighted by atomic mass is 9.89. The van der Waals surface area contributed by atoms with Gasteiger partial charge in [0.05, 0.1) is 12.6 Å². The van der Waals surface area contributed by atoms with Crippen LogP contribution in [0, 0.1) is 5.41 Å². The molecule has 0 unspecified atom stereocenters. The number of pyridine rings is 1. The van der Waals surface area contributed by atoms with Crippen molar-refractivity contribution >= 4 is 0 Å². The third kappa shape index (κ3) is 4.84. The lowest BCUT2D eigenvalue weighted by Gasteiger charge is -2.37. The minimum atomic E-state index is -0.308. The maximum absolute atomic E-state index is 10.3. The van der Waals surface area contributed by atoms with Gasteiger partial charge < -0.3 is 9.63 Å². The van der Waals surface area contributed by atoms with Gasteiger partial charge >= 0.3 is 0 Å². The van der Waals surface area contributed by atoms with Crippen LogP contribution in [-0.2, 0) is 6.54 Å². The first-order valence-corrected chi connectivity index (χ1v) is 8.77. The summed E-state index contributed by atoms with van der Waals surface area (Å²) in [5.41, 5.74) is 0.780. The Morgan fingerprint density at radius 3 is 2.56 bits per heavy atom. The number of nitrogens with zero attached hydrogens (tertiary/aromatic N) is 5. The van der Waals surface area contributed by atoms with Crippen molar-refractivity contribution in [3.8, 4) is 11.4 Å². The molecule has 0 saturated carbocycles. The molecule has 136 valence electrons. The SMILES string of the molecule is CC(C)(C)[C@H](O)CN1CCN(Cc2nc(-c3cccnc3)no2)CC1. The van der Waals surface area contributed by atoms with Crippen LogP contribution in [0.25, 0.3) is 11.4 Å². The predicted molar refractivity (Wildman–Crippen MR) is 94.7 cm³/mol. The highest BCUT2D eigenvalue weighted by Crippen LogP contribution is 2.20. The molecular formula is C18H27N5O2. The van der Waals surface area contributed by atoms with Crippen LogP contribution in [0.1, 0.15) is 26.7 Å². The van der Waals surface area contributed by atoms with E-state index in [4.69, 9.17) is 4.52 Å². The number of hydrogen-bond acceptors (Lipinski definition) is 7. The van der Waals surface area contributed by atoms with Crippen molar-refractivity contribution in [2.75, 3.05) is 32.7 Å². The van der Waals surface area contributed by atoms with E-state index in [2.05, 4.69) is 45.7 Å². The van der Waals surface area contributed by atoms with Crippen molar-refractivity contribution in [1.29, 1.82) is 0 Å². The van der Waals surface area contributed by atoms with Crippen molar-refractivity contribution < 1.29 is 9.63 Å². The summed E-state index contributed by atoms with van der Waals surface area (Å²) >= 11 is 0. The van der Waals surface area contributed by atoms with Crippen molar-refractivity contribution in [3.63, 3.8) is 0 Å². The molecule has 0 aromatic carbocycles. The molecule has 7 nitrogen and oxygen atoms in total. The molecule has 1 fully saturated rings. The molecule has 0 spiro atoms. The molecule has 2 aromatic heterocycles. The molecule has 2 aromatic rings. The molecule has 0 amide bonds. The highest BCUT2D eigenvalue weighted by Gasteiger charge is 2.26. The van der Waals surface area contributed by atoms with E-state index in [1.54, 1.807) is 12.4 Å². The molecule has 1 aliphatic heterocycles. The van der Waals surface area contributed by atoms with Crippen LogP contribution < -0.4 is 0 Å². The van der Waals surface area contributed by atoms with E-state index in [0.717, 1.165) is 38.3 Å². The summed E-state index contributed by atoms with van der Waals surface area (Å²) in [5, 5.41) is 14.3. The van der Waals surface area contributed by atoms with Crippen LogP contribution >= 0.6 is 0 Å². The van der Waals surface area contributed by atoms with Gasteiger partial charge in [-0.25, -0.2) is 0 Å². The van der Waals surface area contributed by atoms with Gasteiger partial charge in [-0.3, -0.25) is 14.8 Å². The molecule has 1 N–H and O–H groups in total. The molecule has 0 aliphatic carbocycles. The Kier molecular flexibility index (Phi) is 5.46. The van der Waals surface area contributed by atoms with Gasteiger partial charge in [-0.05, 0) is 17.5 Å². The molecule has 0 radical (unpaired) electrons. The smallest absolute Gasteiger partial charge is 0.241 e. The lowest BCUT2D eigenvalue weighted by Crippen LogP contribution is -2.49. The molecule has 0 bridgehead atoms. The fourth-order valence-corrected chi connectivity index (χ4v) is 2.77. The second-order valence-corrected chi connectivity index (χ2v) is 7.71. The maximum atomic E-state index is 10.3. The zero-order chi connectivity index (χ0) is 17.9. The minimum absolute atomic E-state index is 0.0798. The summed E-state index contributed by atoms with van der Waals surface area (Å²) in [5.74, 6) is 1.21. The Morgan fingerprint density at radius 2 is 1.92 bits per heavy atom. The van der Waals surface area contributed by atoms with Gasteiger partial charge in [-0.1, -0.05) is 25.9 Å². The van der Waals surface area contributed by atoms with Gasteiger partial charge in [0.1, 0.15) is 0 Å². The third-order valence-corrected chi connectivity index (χ3v) is 4.64. The van der Waals surface area contributed by atoms with Crippen LogP contribution in [0.15, 0.2) is 29.0 Å². The van der Waals surface area contributed by atoms with E-state index >= 15 is 0 Å². The van der Waals surface area contributed by atoms with E-state index in [1.165, 1.54) is 0 Å². The molecule has 3 heterocycles. The van der Waals surface area contributed by atoms with Gasteiger partial charge in [0.2, 0.25) is 11.7 Å². The molecule has 1 saturated heterocycles. The van der Waals surface area contributed by atoms with Crippen molar-refractivity contribution in [1.82, 2.24) is 24.9 Å². The number of β-amino-alcohol motifs (C(OH)–C–C–N with tert-alkyl or cyclic N) is 1. The maximum Gasteiger partial charge on any atom is 0.241 e. The average molecular weight is 345 g/mol. The van der Waals surface area contributed by atoms with Crippen LogP contribution in [0.3, 0.4) is 0 Å². The number of aliphatic hydroxyl groups is 1. The molecule has 3 rings (SSSR count). The predicted octanol–water partition coefficient (Wildman–Crippen LogP) is 1.66. The zero-order valence-electron chi connectivity index (χ0n) is 15.2. The molecule has 7 heteroatoms. The van der Waals surface area contributed by atoms with Gasteiger partial charge in [0, 0.05) is 50.7 Å². The number of hydrogen-bond donors (Lipinski definition) is 1. The Morgan fingerprint density at radius 1 is 1.20 bits per heavy atom. The third-order valence-electron chi connectivity index (χ3n) is 4.64. The highest BCUT2D eigenvalue weighted by atomic mass is 16.5. The van der Waals surface area contributed by atoms with Gasteiger partial charge in [-0.15, -0.1) is 0 Å². The van der Waals surface area contributed by atoms with E-state index in [-0.39, 0.29) is 11.5 Å². The number of aromatic nitrogens is 3. The van der Waals surface area contributed by atoms with Gasteiger partial charge in [0.25, 0.3) is 0 Å². The topological polar surface area (TPSA) is 78.5 Å². The first-order chi connectivity index (χ1) is 11.9. The summed E-state index contributed by atoms with van der Waals surface area (Å²) in [4.78, 5) is 13.2. The monoisotopic (exact) mass is 345 g/mol. The summed E-state index contributed by atoms with van der Waals surface area (Å²) in [6.07, 6.45) is 3.14. The summed E-state index contributed by atoms with van der Waals surface area (Å²) in [7, 11) is 0. The summed E-state index contributed by atoms with van der Waals surface area (Å²) in [6.45, 7) is 11.3. The van der Waals surface area contributed by atoms with Crippen molar-refractivity contribution in [2.45, 2.75) is 33.4 Å². The number of aliphatic hydroxyl groups excluding tert-OH is 1. The normalized spacial score (nSPS) is 18.4. The average Bonchev–Trinajstić information content (AvgIpc) is 3.05. The lowest BCUT2D eigenvalue weighted by molar-refractivity contribution is 0.0115. The van der Waals surface area contributed by atoms with Crippen LogP contribution in [0.4, 0.5) is 0 Å². The van der Waals surface area contributed by atoms with E-state index in [9.17, 15) is 5.11 Å². The standard InChI is InChI=1S/C18H27N5O2/c1-18(2,3)15(24)12-22-7-9-23(10-8-22)13-16-20-17(21-25-16)14-5-4-6-19-11-14/h4-6,11,15,24H,7-10,12-13H2,1-3H3/t15-/m1/s1. The number of rotatable bonds is 5. The van der Waals surface area contributed by atoms with E-state index in [1.807, 2.05) is 12.1 Å². The molecule has 1 aliphatic rings. The molecule has 1 atom stereocenters. The summed E-state index contributed by atoms with van der Waals surface area (Å²) in [6, 6.07) is 3.78. The molecule has 25 heavy (non-hydrogen) atoms.